The van der Waals surface area contributed by atoms with Gasteiger partial charge in [0.05, 0.1) is 18.7 Å². The standard InChI is InChI=1S/C30H29N3O4/c1-3-37-23-14-12-22(13-15-23)33-28(34)18-27(30(33)36)32(29(35)24-9-5-4-8-20(24)2)17-16-21-19-31-26-11-7-6-10-25(21)26/h4-15,19,27,31H,3,16-18H2,1-2H3. The number of aromatic nitrogens is 1. The molecule has 1 N–H and O–H groups in total. The third-order valence-corrected chi connectivity index (χ3v) is 6.84. The number of imide groups is 1. The zero-order chi connectivity index (χ0) is 25.9. The number of hydrogen-bond acceptors (Lipinski definition) is 4. The van der Waals surface area contributed by atoms with Crippen LogP contribution in [0.4, 0.5) is 5.69 Å². The Morgan fingerprint density at radius 2 is 1.76 bits per heavy atom. The van der Waals surface area contributed by atoms with Crippen molar-refractivity contribution in [3.63, 3.8) is 0 Å². The van der Waals surface area contributed by atoms with E-state index in [0.717, 1.165) is 22.0 Å². The molecule has 1 unspecified atom stereocenters. The first-order valence-corrected chi connectivity index (χ1v) is 12.5. The number of rotatable bonds is 8. The molecule has 3 aromatic carbocycles. The smallest absolute Gasteiger partial charge is 0.257 e. The van der Waals surface area contributed by atoms with Crippen LogP contribution in [0.15, 0.2) is 79.0 Å². The topological polar surface area (TPSA) is 82.7 Å². The Morgan fingerprint density at radius 1 is 1.03 bits per heavy atom. The minimum absolute atomic E-state index is 0.0580. The van der Waals surface area contributed by atoms with Crippen LogP contribution in [0.1, 0.15) is 34.8 Å². The maximum atomic E-state index is 13.8. The largest absolute Gasteiger partial charge is 0.494 e. The molecule has 1 aliphatic rings. The molecular formula is C30H29N3O4. The van der Waals surface area contributed by atoms with Crippen molar-refractivity contribution in [2.24, 2.45) is 0 Å². The number of para-hydroxylation sites is 1. The fourth-order valence-corrected chi connectivity index (χ4v) is 4.93. The van der Waals surface area contributed by atoms with Gasteiger partial charge in [-0.05, 0) is 67.8 Å². The average Bonchev–Trinajstić information content (AvgIpc) is 3.45. The minimum atomic E-state index is -0.878. The van der Waals surface area contributed by atoms with E-state index in [1.165, 1.54) is 4.90 Å². The summed E-state index contributed by atoms with van der Waals surface area (Å²) in [4.78, 5) is 46.5. The van der Waals surface area contributed by atoms with Crippen LogP contribution in [-0.2, 0) is 16.0 Å². The molecular weight excluding hydrogens is 466 g/mol. The lowest BCUT2D eigenvalue weighted by Crippen LogP contribution is -2.46. The van der Waals surface area contributed by atoms with Gasteiger partial charge in [0.25, 0.3) is 11.8 Å². The molecule has 5 rings (SSSR count). The van der Waals surface area contributed by atoms with Gasteiger partial charge >= 0.3 is 0 Å². The number of H-pyrrole nitrogens is 1. The molecule has 0 bridgehead atoms. The molecule has 2 heterocycles. The van der Waals surface area contributed by atoms with Gasteiger partial charge in [0.1, 0.15) is 11.8 Å². The van der Waals surface area contributed by atoms with Crippen molar-refractivity contribution < 1.29 is 19.1 Å². The van der Waals surface area contributed by atoms with E-state index >= 15 is 0 Å². The maximum Gasteiger partial charge on any atom is 0.257 e. The molecule has 1 saturated heterocycles. The molecule has 0 aliphatic carbocycles. The number of anilines is 1. The second kappa shape index (κ2) is 10.3. The van der Waals surface area contributed by atoms with Gasteiger partial charge in [-0.1, -0.05) is 36.4 Å². The Hall–Kier alpha value is -4.39. The summed E-state index contributed by atoms with van der Waals surface area (Å²) in [7, 11) is 0. The Kier molecular flexibility index (Phi) is 6.77. The van der Waals surface area contributed by atoms with Gasteiger partial charge in [-0.2, -0.15) is 0 Å². The second-order valence-corrected chi connectivity index (χ2v) is 9.14. The molecule has 1 aliphatic heterocycles. The lowest BCUT2D eigenvalue weighted by atomic mass is 10.0. The predicted octanol–water partition coefficient (Wildman–Crippen LogP) is 4.89. The number of fused-ring (bicyclic) bond motifs is 1. The first-order valence-electron chi connectivity index (χ1n) is 12.5. The van der Waals surface area contributed by atoms with Crippen molar-refractivity contribution in [3.05, 3.63) is 95.7 Å². The quantitative estimate of drug-likeness (QED) is 0.353. The third kappa shape index (κ3) is 4.72. The highest BCUT2D eigenvalue weighted by molar-refractivity contribution is 6.23. The van der Waals surface area contributed by atoms with Crippen LogP contribution in [0.3, 0.4) is 0 Å². The van der Waals surface area contributed by atoms with E-state index in [1.54, 1.807) is 35.2 Å². The van der Waals surface area contributed by atoms with Crippen LogP contribution in [0.2, 0.25) is 0 Å². The van der Waals surface area contributed by atoms with Gasteiger partial charge in [0, 0.05) is 29.2 Å². The lowest BCUT2D eigenvalue weighted by Gasteiger charge is -2.28. The summed E-state index contributed by atoms with van der Waals surface area (Å²) in [6.07, 6.45) is 2.43. The summed E-state index contributed by atoms with van der Waals surface area (Å²) in [6, 6.07) is 21.3. The van der Waals surface area contributed by atoms with Crippen molar-refractivity contribution in [2.75, 3.05) is 18.1 Å². The third-order valence-electron chi connectivity index (χ3n) is 6.84. The van der Waals surface area contributed by atoms with Crippen molar-refractivity contribution in [1.29, 1.82) is 0 Å². The number of benzene rings is 3. The summed E-state index contributed by atoms with van der Waals surface area (Å²) in [5.41, 5.74) is 3.90. The predicted molar refractivity (Wildman–Crippen MR) is 143 cm³/mol. The molecule has 7 heteroatoms. The summed E-state index contributed by atoms with van der Waals surface area (Å²) in [6.45, 7) is 4.59. The van der Waals surface area contributed by atoms with E-state index in [4.69, 9.17) is 4.74 Å². The maximum absolute atomic E-state index is 13.8. The van der Waals surface area contributed by atoms with E-state index in [-0.39, 0.29) is 18.2 Å². The molecule has 1 fully saturated rings. The normalized spacial score (nSPS) is 15.4. The number of carbonyl (C=O) groups is 3. The average molecular weight is 496 g/mol. The van der Waals surface area contributed by atoms with Crippen LogP contribution in [0.25, 0.3) is 10.9 Å². The van der Waals surface area contributed by atoms with Gasteiger partial charge in [0.15, 0.2) is 0 Å². The van der Waals surface area contributed by atoms with Crippen LogP contribution in [0.5, 0.6) is 5.75 Å². The Balaban J connectivity index is 1.45. The number of amides is 3. The van der Waals surface area contributed by atoms with E-state index in [1.807, 2.05) is 62.5 Å². The summed E-state index contributed by atoms with van der Waals surface area (Å²) in [5, 5.41) is 1.08. The van der Waals surface area contributed by atoms with E-state index in [2.05, 4.69) is 4.98 Å². The monoisotopic (exact) mass is 495 g/mol. The number of aryl methyl sites for hydroxylation is 1. The van der Waals surface area contributed by atoms with Crippen molar-refractivity contribution in [2.45, 2.75) is 32.7 Å². The van der Waals surface area contributed by atoms with Gasteiger partial charge in [-0.25, -0.2) is 4.90 Å². The van der Waals surface area contributed by atoms with E-state index < -0.39 is 11.9 Å². The number of nitrogens with zero attached hydrogens (tertiary/aromatic N) is 2. The highest BCUT2D eigenvalue weighted by Crippen LogP contribution is 2.29. The summed E-state index contributed by atoms with van der Waals surface area (Å²) < 4.78 is 5.48. The van der Waals surface area contributed by atoms with Crippen molar-refractivity contribution >= 4 is 34.3 Å². The molecule has 0 saturated carbocycles. The van der Waals surface area contributed by atoms with Crippen LogP contribution < -0.4 is 9.64 Å². The molecule has 3 amide bonds. The lowest BCUT2D eigenvalue weighted by molar-refractivity contribution is -0.122. The number of nitrogens with one attached hydrogen (secondary N) is 1. The highest BCUT2D eigenvalue weighted by atomic mass is 16.5. The van der Waals surface area contributed by atoms with Gasteiger partial charge in [0.2, 0.25) is 5.91 Å². The molecule has 0 radical (unpaired) electrons. The molecule has 0 spiro atoms. The number of aromatic amines is 1. The Bertz CT molecular complexity index is 1460. The van der Waals surface area contributed by atoms with Gasteiger partial charge in [-0.3, -0.25) is 14.4 Å². The van der Waals surface area contributed by atoms with Crippen molar-refractivity contribution in [1.82, 2.24) is 9.88 Å². The Labute approximate surface area is 215 Å². The molecule has 7 nitrogen and oxygen atoms in total. The highest BCUT2D eigenvalue weighted by Gasteiger charge is 2.44. The zero-order valence-corrected chi connectivity index (χ0v) is 20.9. The van der Waals surface area contributed by atoms with E-state index in [0.29, 0.717) is 36.6 Å². The fraction of sp³-hybridized carbons (Fsp3) is 0.233. The van der Waals surface area contributed by atoms with Gasteiger partial charge in [-0.15, -0.1) is 0 Å². The first kappa shape index (κ1) is 24.3. The molecule has 188 valence electrons. The van der Waals surface area contributed by atoms with Crippen LogP contribution >= 0.6 is 0 Å². The fourth-order valence-electron chi connectivity index (χ4n) is 4.93. The number of carbonyl (C=O) groups excluding carboxylic acids is 3. The van der Waals surface area contributed by atoms with Gasteiger partial charge < -0.3 is 14.6 Å². The SMILES string of the molecule is CCOc1ccc(N2C(=O)CC(N(CCc3c[nH]c4ccccc34)C(=O)c3ccccc3C)C2=O)cc1. The molecule has 1 atom stereocenters. The number of hydrogen-bond donors (Lipinski definition) is 1. The Morgan fingerprint density at radius 3 is 2.51 bits per heavy atom. The van der Waals surface area contributed by atoms with Crippen LogP contribution in [0, 0.1) is 6.92 Å². The van der Waals surface area contributed by atoms with Crippen LogP contribution in [-0.4, -0.2) is 46.8 Å². The molecule has 1 aromatic heterocycles. The second-order valence-electron chi connectivity index (χ2n) is 9.14. The number of ether oxygens (including phenoxy) is 1. The molecule has 4 aromatic rings. The van der Waals surface area contributed by atoms with Crippen molar-refractivity contribution in [3.8, 4) is 5.75 Å². The first-order chi connectivity index (χ1) is 18.0. The summed E-state index contributed by atoms with van der Waals surface area (Å²) in [5.74, 6) is -0.307. The summed E-state index contributed by atoms with van der Waals surface area (Å²) >= 11 is 0. The minimum Gasteiger partial charge on any atom is -0.494 e. The molecule has 37 heavy (non-hydrogen) atoms. The zero-order valence-electron chi connectivity index (χ0n) is 20.9. The van der Waals surface area contributed by atoms with E-state index in [9.17, 15) is 14.4 Å².